The summed E-state index contributed by atoms with van der Waals surface area (Å²) in [5.41, 5.74) is 0. The van der Waals surface area contributed by atoms with Crippen molar-refractivity contribution in [2.24, 2.45) is 0 Å². The summed E-state index contributed by atoms with van der Waals surface area (Å²) in [6.07, 6.45) is 2.22. The van der Waals surface area contributed by atoms with Gasteiger partial charge in [0.2, 0.25) is 0 Å². The van der Waals surface area contributed by atoms with Crippen LogP contribution in [0.15, 0.2) is 11.8 Å². The Labute approximate surface area is 38.3 Å². The van der Waals surface area contributed by atoms with E-state index >= 15 is 0 Å². The molecule has 0 fully saturated rings. The maximum Gasteiger partial charge on any atom is -0.0456 e. The molecule has 0 aromatic carbocycles. The first-order valence-electron chi connectivity index (χ1n) is 2.13. The molecule has 0 atom stereocenters. The van der Waals surface area contributed by atoms with Gasteiger partial charge < -0.3 is 5.11 Å². The molecule has 0 aromatic rings. The standard InChI is InChI=1S/C5H10O/c1-3-5(6)4-2/h3,6H,4H2,1-2H3/p-1. The van der Waals surface area contributed by atoms with E-state index in [9.17, 15) is 5.11 Å². The predicted octanol–water partition coefficient (Wildman–Crippen LogP) is 0.660. The van der Waals surface area contributed by atoms with Crippen LogP contribution >= 0.6 is 0 Å². The van der Waals surface area contributed by atoms with Gasteiger partial charge in [0.15, 0.2) is 0 Å². The number of hydrogen-bond acceptors (Lipinski definition) is 1. The van der Waals surface area contributed by atoms with Crippen molar-refractivity contribution in [3.63, 3.8) is 0 Å². The van der Waals surface area contributed by atoms with E-state index in [1.165, 1.54) is 0 Å². The van der Waals surface area contributed by atoms with Crippen LogP contribution in [0.5, 0.6) is 0 Å². The monoisotopic (exact) mass is 85.1 g/mol. The third-order valence-electron chi connectivity index (χ3n) is 0.670. The summed E-state index contributed by atoms with van der Waals surface area (Å²) in [6, 6.07) is 0. The van der Waals surface area contributed by atoms with Gasteiger partial charge in [-0.25, -0.2) is 0 Å². The quantitative estimate of drug-likeness (QED) is 0.429. The van der Waals surface area contributed by atoms with E-state index < -0.39 is 0 Å². The van der Waals surface area contributed by atoms with Crippen molar-refractivity contribution in [1.82, 2.24) is 0 Å². The molecule has 0 aliphatic heterocycles. The summed E-state index contributed by atoms with van der Waals surface area (Å²) in [5, 5.41) is 10.1. The fourth-order valence-electron chi connectivity index (χ4n) is 0.204. The van der Waals surface area contributed by atoms with Crippen molar-refractivity contribution in [2.45, 2.75) is 20.3 Å². The Morgan fingerprint density at radius 3 is 2.33 bits per heavy atom. The molecule has 0 aliphatic carbocycles. The molecule has 0 saturated carbocycles. The second-order valence-electron chi connectivity index (χ2n) is 1.11. The third-order valence-corrected chi connectivity index (χ3v) is 0.670. The molecule has 0 spiro atoms. The first-order chi connectivity index (χ1) is 2.81. The zero-order chi connectivity index (χ0) is 4.99. The van der Waals surface area contributed by atoms with E-state index in [0.29, 0.717) is 6.42 Å². The van der Waals surface area contributed by atoms with Gasteiger partial charge in [0, 0.05) is 0 Å². The van der Waals surface area contributed by atoms with E-state index in [1.807, 2.05) is 6.92 Å². The molecule has 6 heavy (non-hydrogen) atoms. The highest BCUT2D eigenvalue weighted by molar-refractivity contribution is 4.82. The number of allylic oxidation sites excluding steroid dienone is 2. The zero-order valence-corrected chi connectivity index (χ0v) is 4.19. The molecule has 0 N–H and O–H groups in total. The molecule has 36 valence electrons. The molecule has 1 heteroatoms. The molecule has 0 bridgehead atoms. The van der Waals surface area contributed by atoms with E-state index in [1.54, 1.807) is 13.0 Å². The average Bonchev–Trinajstić information content (AvgIpc) is 1.65. The Morgan fingerprint density at radius 2 is 2.33 bits per heavy atom. The fourth-order valence-corrected chi connectivity index (χ4v) is 0.204. The minimum absolute atomic E-state index is 0.218. The normalized spacial score (nSPS) is 12.0. The van der Waals surface area contributed by atoms with Gasteiger partial charge in [-0.1, -0.05) is 13.0 Å². The number of rotatable bonds is 1. The Kier molecular flexibility index (Phi) is 2.55. The highest BCUT2D eigenvalue weighted by Crippen LogP contribution is 1.84. The molecule has 0 aromatic heterocycles. The SMILES string of the molecule is CC=C([O-])CC. The molecular weight excluding hydrogens is 76.1 g/mol. The van der Waals surface area contributed by atoms with Crippen LogP contribution in [-0.4, -0.2) is 0 Å². The lowest BCUT2D eigenvalue weighted by Crippen LogP contribution is -1.99. The van der Waals surface area contributed by atoms with Gasteiger partial charge in [0.05, 0.1) is 0 Å². The van der Waals surface area contributed by atoms with Crippen molar-refractivity contribution in [3.8, 4) is 0 Å². The van der Waals surface area contributed by atoms with Gasteiger partial charge in [0.1, 0.15) is 0 Å². The smallest absolute Gasteiger partial charge is 0.0456 e. The molecule has 0 radical (unpaired) electrons. The molecule has 0 amide bonds. The van der Waals surface area contributed by atoms with Crippen LogP contribution in [0.2, 0.25) is 0 Å². The Bertz CT molecular complexity index is 55.0. The van der Waals surface area contributed by atoms with Crippen molar-refractivity contribution < 1.29 is 5.11 Å². The summed E-state index contributed by atoms with van der Waals surface area (Å²) in [6.45, 7) is 3.61. The van der Waals surface area contributed by atoms with Crippen LogP contribution in [0, 0.1) is 0 Å². The minimum Gasteiger partial charge on any atom is -0.876 e. The van der Waals surface area contributed by atoms with Crippen LogP contribution in [0.3, 0.4) is 0 Å². The van der Waals surface area contributed by atoms with Crippen molar-refractivity contribution in [1.29, 1.82) is 0 Å². The highest BCUT2D eigenvalue weighted by Gasteiger charge is 1.63. The molecule has 0 rings (SSSR count). The van der Waals surface area contributed by atoms with Crippen LogP contribution < -0.4 is 5.11 Å². The second kappa shape index (κ2) is 2.76. The lowest BCUT2D eigenvalue weighted by molar-refractivity contribution is -0.306. The van der Waals surface area contributed by atoms with Gasteiger partial charge in [-0.3, -0.25) is 0 Å². The lowest BCUT2D eigenvalue weighted by atomic mass is 10.4. The van der Waals surface area contributed by atoms with E-state index in [0.717, 1.165) is 0 Å². The lowest BCUT2D eigenvalue weighted by Gasteiger charge is -2.03. The van der Waals surface area contributed by atoms with Gasteiger partial charge in [-0.05, 0) is 13.3 Å². The molecule has 0 heterocycles. The summed E-state index contributed by atoms with van der Waals surface area (Å²) < 4.78 is 0. The second-order valence-corrected chi connectivity index (χ2v) is 1.11. The van der Waals surface area contributed by atoms with Gasteiger partial charge in [-0.2, -0.15) is 0 Å². The fraction of sp³-hybridized carbons (Fsp3) is 0.600. The molecule has 1 nitrogen and oxygen atoms in total. The van der Waals surface area contributed by atoms with Crippen molar-refractivity contribution in [3.05, 3.63) is 11.8 Å². The molecular formula is C5H9O-. The summed E-state index contributed by atoms with van der Waals surface area (Å²) in [4.78, 5) is 0. The van der Waals surface area contributed by atoms with Gasteiger partial charge >= 0.3 is 0 Å². The summed E-state index contributed by atoms with van der Waals surface area (Å²) in [5.74, 6) is 0.218. The molecule has 0 saturated heterocycles. The summed E-state index contributed by atoms with van der Waals surface area (Å²) in [7, 11) is 0. The van der Waals surface area contributed by atoms with E-state index in [2.05, 4.69) is 0 Å². The predicted molar refractivity (Wildman–Crippen MR) is 24.0 cm³/mol. The van der Waals surface area contributed by atoms with Gasteiger partial charge in [-0.15, -0.1) is 5.76 Å². The first-order valence-corrected chi connectivity index (χ1v) is 2.13. The maximum absolute atomic E-state index is 10.1. The maximum atomic E-state index is 10.1. The molecule has 0 aliphatic rings. The highest BCUT2D eigenvalue weighted by atomic mass is 16.3. The van der Waals surface area contributed by atoms with E-state index in [4.69, 9.17) is 0 Å². The van der Waals surface area contributed by atoms with Crippen molar-refractivity contribution in [2.75, 3.05) is 0 Å². The molecule has 0 unspecified atom stereocenters. The first kappa shape index (κ1) is 5.54. The summed E-state index contributed by atoms with van der Waals surface area (Å²) >= 11 is 0. The Hall–Kier alpha value is -0.460. The van der Waals surface area contributed by atoms with Gasteiger partial charge in [0.25, 0.3) is 0 Å². The topological polar surface area (TPSA) is 23.1 Å². The van der Waals surface area contributed by atoms with Crippen LogP contribution in [0.25, 0.3) is 0 Å². The van der Waals surface area contributed by atoms with Crippen LogP contribution in [-0.2, 0) is 0 Å². The van der Waals surface area contributed by atoms with Crippen LogP contribution in [0.4, 0.5) is 0 Å². The Balaban J connectivity index is 3.22. The minimum atomic E-state index is 0.218. The zero-order valence-electron chi connectivity index (χ0n) is 4.19. The van der Waals surface area contributed by atoms with Crippen molar-refractivity contribution >= 4 is 0 Å². The average molecular weight is 85.1 g/mol. The Morgan fingerprint density at radius 1 is 1.83 bits per heavy atom. The van der Waals surface area contributed by atoms with Crippen LogP contribution in [0.1, 0.15) is 20.3 Å². The number of hydrogen-bond donors (Lipinski definition) is 0. The largest absolute Gasteiger partial charge is 0.876 e. The third kappa shape index (κ3) is 1.82. The van der Waals surface area contributed by atoms with E-state index in [-0.39, 0.29) is 5.76 Å².